The standard InChI is InChI=1S/C49H30BN3O/c1-4-14-31(15-5-1)34-24-25-39-45(28-34)54-46-30-36(52-42-22-12-10-20-37(42)38-21-11-13-23-43(38)52)29-44-47(46)50(39)40-26-35(32-16-6-2-7-17-32)27-41-48(40)53(44)49(51-41)33-18-8-3-9-19-33/h1-30H. The van der Waals surface area contributed by atoms with Crippen LogP contribution in [0.25, 0.3) is 77.9 Å². The highest BCUT2D eigenvalue weighted by Gasteiger charge is 2.42. The van der Waals surface area contributed by atoms with Gasteiger partial charge in [-0.05, 0) is 69.0 Å². The lowest BCUT2D eigenvalue weighted by molar-refractivity contribution is 0.487. The largest absolute Gasteiger partial charge is 0.458 e. The van der Waals surface area contributed by atoms with Crippen LogP contribution in [0.3, 0.4) is 0 Å². The monoisotopic (exact) mass is 687 g/mol. The SMILES string of the molecule is c1ccc(-c2ccc3c(c2)Oc2cc(-n4c5ccccc5c5ccccc54)cc4c2B3c2cc(-c3ccccc3)cc3nc(-c5ccccc5)n-4c23)cc1. The fourth-order valence-electron chi connectivity index (χ4n) is 9.03. The van der Waals surface area contributed by atoms with Gasteiger partial charge in [-0.25, -0.2) is 4.98 Å². The van der Waals surface area contributed by atoms with E-state index >= 15 is 0 Å². The van der Waals surface area contributed by atoms with Gasteiger partial charge >= 0.3 is 0 Å². The number of hydrogen-bond donors (Lipinski definition) is 0. The molecule has 5 heteroatoms. The van der Waals surface area contributed by atoms with Gasteiger partial charge in [0.25, 0.3) is 6.71 Å². The number of aromatic nitrogens is 3. The molecule has 0 bridgehead atoms. The van der Waals surface area contributed by atoms with Crippen molar-refractivity contribution < 1.29 is 4.74 Å². The Hall–Kier alpha value is -7.11. The summed E-state index contributed by atoms with van der Waals surface area (Å²) < 4.78 is 11.9. The molecule has 2 aliphatic heterocycles. The van der Waals surface area contributed by atoms with Gasteiger partial charge < -0.3 is 9.30 Å². The minimum Gasteiger partial charge on any atom is -0.458 e. The van der Waals surface area contributed by atoms with Crippen LogP contribution in [0.1, 0.15) is 0 Å². The Kier molecular flexibility index (Phi) is 6.11. The molecule has 250 valence electrons. The van der Waals surface area contributed by atoms with Crippen molar-refractivity contribution in [3.05, 3.63) is 182 Å². The first-order chi connectivity index (χ1) is 26.8. The van der Waals surface area contributed by atoms with Crippen LogP contribution >= 0.6 is 0 Å². The van der Waals surface area contributed by atoms with Crippen molar-refractivity contribution in [2.24, 2.45) is 0 Å². The van der Waals surface area contributed by atoms with Crippen molar-refractivity contribution in [1.82, 2.24) is 14.1 Å². The molecule has 0 amide bonds. The Bertz CT molecular complexity index is 3080. The topological polar surface area (TPSA) is 32.0 Å². The lowest BCUT2D eigenvalue weighted by atomic mass is 9.34. The summed E-state index contributed by atoms with van der Waals surface area (Å²) in [6.07, 6.45) is 0. The quantitative estimate of drug-likeness (QED) is 0.173. The molecule has 0 radical (unpaired) electrons. The number of para-hydroxylation sites is 2. The van der Waals surface area contributed by atoms with E-state index in [0.29, 0.717) is 0 Å². The molecule has 12 rings (SSSR count). The van der Waals surface area contributed by atoms with Crippen LogP contribution in [0.5, 0.6) is 11.5 Å². The molecular formula is C49H30BN3O. The van der Waals surface area contributed by atoms with Gasteiger partial charge in [0, 0.05) is 28.1 Å². The first-order valence-corrected chi connectivity index (χ1v) is 18.5. The van der Waals surface area contributed by atoms with E-state index in [9.17, 15) is 0 Å². The van der Waals surface area contributed by atoms with Gasteiger partial charge in [-0.3, -0.25) is 4.57 Å². The first-order valence-electron chi connectivity index (χ1n) is 18.5. The third kappa shape index (κ3) is 4.18. The van der Waals surface area contributed by atoms with Gasteiger partial charge in [0.05, 0.1) is 27.8 Å². The summed E-state index contributed by atoms with van der Waals surface area (Å²) in [7, 11) is 0. The van der Waals surface area contributed by atoms with Gasteiger partial charge in [-0.1, -0.05) is 146 Å². The maximum atomic E-state index is 7.15. The van der Waals surface area contributed by atoms with Crippen molar-refractivity contribution >= 4 is 55.9 Å². The van der Waals surface area contributed by atoms with Gasteiger partial charge in [-0.2, -0.15) is 0 Å². The highest BCUT2D eigenvalue weighted by molar-refractivity contribution is 6.99. The van der Waals surface area contributed by atoms with Crippen LogP contribution in [0.2, 0.25) is 0 Å². The third-order valence-corrected chi connectivity index (χ3v) is 11.4. The summed E-state index contributed by atoms with van der Waals surface area (Å²) in [5.74, 6) is 2.67. The van der Waals surface area contributed by atoms with Crippen molar-refractivity contribution in [3.8, 4) is 56.5 Å². The molecule has 0 aliphatic carbocycles. The van der Waals surface area contributed by atoms with Gasteiger partial charge in [0.2, 0.25) is 0 Å². The normalized spacial score (nSPS) is 12.6. The van der Waals surface area contributed by atoms with Crippen molar-refractivity contribution in [2.45, 2.75) is 0 Å². The summed E-state index contributed by atoms with van der Waals surface area (Å²) in [5, 5.41) is 2.45. The number of ether oxygens (including phenoxy) is 1. The maximum absolute atomic E-state index is 7.15. The molecular weight excluding hydrogens is 657 g/mol. The molecule has 0 atom stereocenters. The molecule has 0 saturated carbocycles. The number of fused-ring (bicyclic) bond motifs is 7. The minimum atomic E-state index is -0.0604. The van der Waals surface area contributed by atoms with Crippen molar-refractivity contribution in [3.63, 3.8) is 0 Å². The van der Waals surface area contributed by atoms with E-state index in [1.807, 2.05) is 0 Å². The average molecular weight is 688 g/mol. The average Bonchev–Trinajstić information content (AvgIpc) is 3.80. The number of hydrogen-bond acceptors (Lipinski definition) is 2. The van der Waals surface area contributed by atoms with Gasteiger partial charge in [0.1, 0.15) is 17.3 Å². The van der Waals surface area contributed by atoms with Crippen LogP contribution in [0, 0.1) is 0 Å². The summed E-state index contributed by atoms with van der Waals surface area (Å²) in [6.45, 7) is -0.0604. The lowest BCUT2D eigenvalue weighted by Gasteiger charge is -2.34. The molecule has 0 saturated heterocycles. The molecule has 0 unspecified atom stereocenters. The summed E-state index contributed by atoms with van der Waals surface area (Å²) in [6, 6.07) is 65.2. The van der Waals surface area contributed by atoms with Crippen molar-refractivity contribution in [2.75, 3.05) is 0 Å². The number of imidazole rings is 1. The second-order valence-electron chi connectivity index (χ2n) is 14.3. The number of benzene rings is 8. The van der Waals surface area contributed by atoms with E-state index in [-0.39, 0.29) is 6.71 Å². The fourth-order valence-corrected chi connectivity index (χ4v) is 9.03. The number of nitrogens with zero attached hydrogens (tertiary/aromatic N) is 3. The fraction of sp³-hybridized carbons (Fsp3) is 0. The Morgan fingerprint density at radius 3 is 1.74 bits per heavy atom. The maximum Gasteiger partial charge on any atom is 0.256 e. The molecule has 0 N–H and O–H groups in total. The van der Waals surface area contributed by atoms with E-state index in [1.54, 1.807) is 0 Å². The number of rotatable bonds is 4. The molecule has 0 spiro atoms. The molecule has 4 heterocycles. The molecule has 2 aliphatic rings. The minimum absolute atomic E-state index is 0.0604. The van der Waals surface area contributed by atoms with Crippen LogP contribution in [-0.4, -0.2) is 20.8 Å². The molecule has 2 aromatic heterocycles. The van der Waals surface area contributed by atoms with E-state index in [1.165, 1.54) is 21.8 Å². The molecule has 54 heavy (non-hydrogen) atoms. The Morgan fingerprint density at radius 2 is 1.06 bits per heavy atom. The van der Waals surface area contributed by atoms with E-state index in [0.717, 1.165) is 83.9 Å². The molecule has 10 aromatic rings. The second-order valence-corrected chi connectivity index (χ2v) is 14.3. The summed E-state index contributed by atoms with van der Waals surface area (Å²) >= 11 is 0. The third-order valence-electron chi connectivity index (χ3n) is 11.4. The Balaban J connectivity index is 1.21. The molecule has 4 nitrogen and oxygen atoms in total. The van der Waals surface area contributed by atoms with E-state index in [2.05, 4.69) is 191 Å². The zero-order chi connectivity index (χ0) is 35.3. The molecule has 0 fully saturated rings. The van der Waals surface area contributed by atoms with Crippen LogP contribution < -0.4 is 21.1 Å². The smallest absolute Gasteiger partial charge is 0.256 e. The Morgan fingerprint density at radius 1 is 0.444 bits per heavy atom. The predicted octanol–water partition coefficient (Wildman–Crippen LogP) is 10.1. The highest BCUT2D eigenvalue weighted by Crippen LogP contribution is 2.41. The summed E-state index contributed by atoms with van der Waals surface area (Å²) in [5.41, 5.74) is 15.8. The van der Waals surface area contributed by atoms with E-state index < -0.39 is 0 Å². The van der Waals surface area contributed by atoms with Crippen LogP contribution in [-0.2, 0) is 0 Å². The van der Waals surface area contributed by atoms with Gasteiger partial charge in [-0.15, -0.1) is 0 Å². The Labute approximate surface area is 312 Å². The lowest BCUT2D eigenvalue weighted by Crippen LogP contribution is -2.58. The predicted molar refractivity (Wildman–Crippen MR) is 223 cm³/mol. The molecule has 8 aromatic carbocycles. The zero-order valence-corrected chi connectivity index (χ0v) is 29.1. The highest BCUT2D eigenvalue weighted by atomic mass is 16.5. The zero-order valence-electron chi connectivity index (χ0n) is 29.1. The second kappa shape index (κ2) is 11.2. The van der Waals surface area contributed by atoms with Crippen LogP contribution in [0.15, 0.2) is 182 Å². The summed E-state index contributed by atoms with van der Waals surface area (Å²) in [4.78, 5) is 5.48. The van der Waals surface area contributed by atoms with Crippen LogP contribution in [0.4, 0.5) is 0 Å². The van der Waals surface area contributed by atoms with Crippen molar-refractivity contribution in [1.29, 1.82) is 0 Å². The van der Waals surface area contributed by atoms with E-state index in [4.69, 9.17) is 9.72 Å². The van der Waals surface area contributed by atoms with Gasteiger partial charge in [0.15, 0.2) is 0 Å². The first kappa shape index (κ1) is 29.5.